The number of likely N-dealkylation sites (tertiary alicyclic amines) is 1. The molecule has 0 radical (unpaired) electrons. The molecule has 0 aromatic rings. The molecular weight excluding hydrogens is 232 g/mol. The van der Waals surface area contributed by atoms with E-state index in [9.17, 15) is 9.59 Å². The summed E-state index contributed by atoms with van der Waals surface area (Å²) >= 11 is 0. The van der Waals surface area contributed by atoms with Crippen molar-refractivity contribution in [3.63, 3.8) is 0 Å². The van der Waals surface area contributed by atoms with Crippen molar-refractivity contribution in [3.05, 3.63) is 0 Å². The Balaban J connectivity index is 1.81. The minimum atomic E-state index is -0.742. The van der Waals surface area contributed by atoms with Crippen LogP contribution in [-0.2, 0) is 9.59 Å². The van der Waals surface area contributed by atoms with Crippen LogP contribution in [0, 0.1) is 17.8 Å². The second-order valence-electron chi connectivity index (χ2n) is 5.61. The summed E-state index contributed by atoms with van der Waals surface area (Å²) in [5.41, 5.74) is 0. The molecule has 3 atom stereocenters. The number of carboxylic acids is 1. The summed E-state index contributed by atoms with van der Waals surface area (Å²) in [5, 5.41) is 11.9. The van der Waals surface area contributed by atoms with Crippen LogP contribution in [0.1, 0.15) is 26.2 Å². The van der Waals surface area contributed by atoms with Crippen LogP contribution in [0.2, 0.25) is 0 Å². The van der Waals surface area contributed by atoms with Crippen LogP contribution >= 0.6 is 0 Å². The topological polar surface area (TPSA) is 69.6 Å². The first kappa shape index (κ1) is 13.3. The van der Waals surface area contributed by atoms with Crippen LogP contribution in [-0.4, -0.2) is 48.1 Å². The number of amides is 1. The van der Waals surface area contributed by atoms with Gasteiger partial charge in [0.2, 0.25) is 5.91 Å². The Kier molecular flexibility index (Phi) is 4.22. The number of nitrogens with one attached hydrogen (secondary N) is 1. The van der Waals surface area contributed by atoms with E-state index < -0.39 is 5.97 Å². The number of aliphatic carboxylic acids is 1. The van der Waals surface area contributed by atoms with Gasteiger partial charge in [0.25, 0.3) is 0 Å². The minimum Gasteiger partial charge on any atom is -0.481 e. The van der Waals surface area contributed by atoms with Crippen LogP contribution in [0.4, 0.5) is 0 Å². The first-order valence-electron chi connectivity index (χ1n) is 6.79. The summed E-state index contributed by atoms with van der Waals surface area (Å²) < 4.78 is 0. The fraction of sp³-hybridized carbons (Fsp3) is 0.846. The van der Waals surface area contributed by atoms with Gasteiger partial charge < -0.3 is 15.3 Å². The van der Waals surface area contributed by atoms with Gasteiger partial charge in [-0.1, -0.05) is 6.92 Å². The summed E-state index contributed by atoms with van der Waals surface area (Å²) in [5.74, 6) is 0.409. The molecule has 102 valence electrons. The van der Waals surface area contributed by atoms with Crippen molar-refractivity contribution >= 4 is 11.9 Å². The van der Waals surface area contributed by atoms with Crippen LogP contribution in [0.5, 0.6) is 0 Å². The predicted molar refractivity (Wildman–Crippen MR) is 67.1 cm³/mol. The smallest absolute Gasteiger partial charge is 0.303 e. The highest BCUT2D eigenvalue weighted by Gasteiger charge is 2.35. The van der Waals surface area contributed by atoms with Crippen molar-refractivity contribution < 1.29 is 14.7 Å². The minimum absolute atomic E-state index is 0.114. The van der Waals surface area contributed by atoms with Gasteiger partial charge in [0.05, 0.1) is 5.92 Å². The molecule has 2 aliphatic rings. The molecule has 2 aliphatic heterocycles. The van der Waals surface area contributed by atoms with E-state index in [0.717, 1.165) is 32.6 Å². The van der Waals surface area contributed by atoms with Crippen molar-refractivity contribution in [2.75, 3.05) is 26.2 Å². The lowest BCUT2D eigenvalue weighted by molar-refractivity contribution is -0.137. The van der Waals surface area contributed by atoms with E-state index in [1.807, 2.05) is 4.90 Å². The van der Waals surface area contributed by atoms with E-state index in [-0.39, 0.29) is 18.2 Å². The quantitative estimate of drug-likeness (QED) is 0.769. The molecular formula is C13H22N2O3. The molecule has 0 aromatic heterocycles. The maximum Gasteiger partial charge on any atom is 0.303 e. The second-order valence-corrected chi connectivity index (χ2v) is 5.61. The maximum atomic E-state index is 12.3. The molecule has 0 aromatic carbocycles. The van der Waals surface area contributed by atoms with Crippen LogP contribution in [0.3, 0.4) is 0 Å². The third-order valence-corrected chi connectivity index (χ3v) is 4.20. The van der Waals surface area contributed by atoms with Gasteiger partial charge in [-0.05, 0) is 31.2 Å². The molecule has 2 rings (SSSR count). The molecule has 18 heavy (non-hydrogen) atoms. The largest absolute Gasteiger partial charge is 0.481 e. The molecule has 2 saturated heterocycles. The van der Waals surface area contributed by atoms with Gasteiger partial charge >= 0.3 is 5.97 Å². The van der Waals surface area contributed by atoms with Gasteiger partial charge in [-0.2, -0.15) is 0 Å². The number of carbonyl (C=O) groups excluding carboxylic acids is 1. The Morgan fingerprint density at radius 2 is 2.17 bits per heavy atom. The third kappa shape index (κ3) is 3.02. The fourth-order valence-corrected chi connectivity index (χ4v) is 2.97. The number of hydrogen-bond acceptors (Lipinski definition) is 3. The fourth-order valence-electron chi connectivity index (χ4n) is 2.97. The standard InChI is InChI=1S/C13H22N2O3/c1-9-6-14-7-11(9)13(18)15-5-4-10(8-15)2-3-12(16)17/h9-11,14H,2-8H2,1H3,(H,16,17)/t9-,10?,11-/m1/s1. The Morgan fingerprint density at radius 3 is 2.78 bits per heavy atom. The maximum absolute atomic E-state index is 12.3. The Bertz CT molecular complexity index is 332. The zero-order valence-corrected chi connectivity index (χ0v) is 10.9. The molecule has 2 heterocycles. The van der Waals surface area contributed by atoms with Gasteiger partial charge in [-0.15, -0.1) is 0 Å². The number of nitrogens with zero attached hydrogens (tertiary/aromatic N) is 1. The summed E-state index contributed by atoms with van der Waals surface area (Å²) in [6.45, 7) is 5.37. The van der Waals surface area contributed by atoms with E-state index in [2.05, 4.69) is 12.2 Å². The molecule has 0 spiro atoms. The normalized spacial score (nSPS) is 31.8. The van der Waals surface area contributed by atoms with Crippen LogP contribution in [0.25, 0.3) is 0 Å². The van der Waals surface area contributed by atoms with Gasteiger partial charge in [0.1, 0.15) is 0 Å². The summed E-state index contributed by atoms with van der Waals surface area (Å²) in [7, 11) is 0. The Morgan fingerprint density at radius 1 is 1.39 bits per heavy atom. The molecule has 0 saturated carbocycles. The molecule has 0 bridgehead atoms. The van der Waals surface area contributed by atoms with Gasteiger partial charge in [0.15, 0.2) is 0 Å². The van der Waals surface area contributed by atoms with Crippen molar-refractivity contribution in [2.45, 2.75) is 26.2 Å². The van der Waals surface area contributed by atoms with E-state index in [1.165, 1.54) is 0 Å². The number of hydrogen-bond donors (Lipinski definition) is 2. The summed E-state index contributed by atoms with van der Waals surface area (Å²) in [6.07, 6.45) is 1.86. The first-order chi connectivity index (χ1) is 8.58. The predicted octanol–water partition coefficient (Wildman–Crippen LogP) is 0.555. The lowest BCUT2D eigenvalue weighted by Gasteiger charge is -2.22. The van der Waals surface area contributed by atoms with E-state index >= 15 is 0 Å². The van der Waals surface area contributed by atoms with Gasteiger partial charge in [0, 0.05) is 26.1 Å². The number of rotatable bonds is 4. The van der Waals surface area contributed by atoms with Crippen LogP contribution in [0.15, 0.2) is 0 Å². The molecule has 2 N–H and O–H groups in total. The van der Waals surface area contributed by atoms with Crippen molar-refractivity contribution in [3.8, 4) is 0 Å². The molecule has 1 unspecified atom stereocenters. The summed E-state index contributed by atoms with van der Waals surface area (Å²) in [6, 6.07) is 0. The molecule has 0 aliphatic carbocycles. The lowest BCUT2D eigenvalue weighted by Crippen LogP contribution is -2.37. The van der Waals surface area contributed by atoms with E-state index in [0.29, 0.717) is 18.3 Å². The zero-order valence-electron chi connectivity index (χ0n) is 10.9. The Labute approximate surface area is 108 Å². The Hall–Kier alpha value is -1.10. The first-order valence-corrected chi connectivity index (χ1v) is 6.79. The highest BCUT2D eigenvalue weighted by molar-refractivity contribution is 5.80. The average Bonchev–Trinajstić information content (AvgIpc) is 2.94. The number of carboxylic acid groups (broad SMARTS) is 1. The molecule has 2 fully saturated rings. The SMILES string of the molecule is C[C@@H]1CNC[C@H]1C(=O)N1CCC(CCC(=O)O)C1. The lowest BCUT2D eigenvalue weighted by atomic mass is 9.96. The monoisotopic (exact) mass is 254 g/mol. The summed E-state index contributed by atoms with van der Waals surface area (Å²) in [4.78, 5) is 24.8. The average molecular weight is 254 g/mol. The van der Waals surface area contributed by atoms with Crippen molar-refractivity contribution in [1.82, 2.24) is 10.2 Å². The second kappa shape index (κ2) is 5.69. The molecule has 5 heteroatoms. The third-order valence-electron chi connectivity index (χ3n) is 4.20. The number of carbonyl (C=O) groups is 2. The highest BCUT2D eigenvalue weighted by Crippen LogP contribution is 2.25. The van der Waals surface area contributed by atoms with Gasteiger partial charge in [-0.25, -0.2) is 0 Å². The molecule has 1 amide bonds. The van der Waals surface area contributed by atoms with Crippen molar-refractivity contribution in [1.29, 1.82) is 0 Å². The van der Waals surface area contributed by atoms with Crippen LogP contribution < -0.4 is 5.32 Å². The van der Waals surface area contributed by atoms with Gasteiger partial charge in [-0.3, -0.25) is 9.59 Å². The van der Waals surface area contributed by atoms with E-state index in [1.54, 1.807) is 0 Å². The van der Waals surface area contributed by atoms with E-state index in [4.69, 9.17) is 5.11 Å². The van der Waals surface area contributed by atoms with Crippen molar-refractivity contribution in [2.24, 2.45) is 17.8 Å². The zero-order chi connectivity index (χ0) is 13.1. The molecule has 5 nitrogen and oxygen atoms in total. The highest BCUT2D eigenvalue weighted by atomic mass is 16.4.